The molecule has 4 rings (SSSR count). The number of aromatic amines is 1. The molecule has 1 saturated heterocycles. The highest BCUT2D eigenvalue weighted by molar-refractivity contribution is 5.91. The average molecular weight is 438 g/mol. The predicted molar refractivity (Wildman–Crippen MR) is 121 cm³/mol. The van der Waals surface area contributed by atoms with Crippen LogP contribution >= 0.6 is 0 Å². The fraction of sp³-hybridized carbons (Fsp3) is 0.391. The van der Waals surface area contributed by atoms with Crippen molar-refractivity contribution in [2.24, 2.45) is 0 Å². The van der Waals surface area contributed by atoms with Gasteiger partial charge in [0.05, 0.1) is 18.9 Å². The second-order valence-corrected chi connectivity index (χ2v) is 7.84. The molecule has 2 aromatic heterocycles. The van der Waals surface area contributed by atoms with Gasteiger partial charge in [-0.15, -0.1) is 0 Å². The van der Waals surface area contributed by atoms with Gasteiger partial charge in [0.1, 0.15) is 5.76 Å². The Kier molecular flexibility index (Phi) is 6.36. The summed E-state index contributed by atoms with van der Waals surface area (Å²) in [6.45, 7) is 8.16. The van der Waals surface area contributed by atoms with Gasteiger partial charge < -0.3 is 19.4 Å². The molecule has 9 heteroatoms. The summed E-state index contributed by atoms with van der Waals surface area (Å²) < 4.78 is 11.0. The van der Waals surface area contributed by atoms with Crippen LogP contribution in [-0.4, -0.2) is 47.2 Å². The third-order valence-corrected chi connectivity index (χ3v) is 5.54. The van der Waals surface area contributed by atoms with E-state index in [9.17, 15) is 9.59 Å². The molecule has 2 N–H and O–H groups in total. The van der Waals surface area contributed by atoms with Gasteiger partial charge in [0, 0.05) is 42.0 Å². The number of rotatable bonds is 6. The molecular weight excluding hydrogens is 410 g/mol. The molecule has 9 nitrogen and oxygen atoms in total. The smallest absolute Gasteiger partial charge is 0.255 e. The zero-order valence-corrected chi connectivity index (χ0v) is 18.5. The van der Waals surface area contributed by atoms with E-state index in [-0.39, 0.29) is 17.9 Å². The van der Waals surface area contributed by atoms with Gasteiger partial charge in [-0.25, -0.2) is 9.97 Å². The highest BCUT2D eigenvalue weighted by Gasteiger charge is 2.17. The molecule has 1 fully saturated rings. The SMILES string of the molecule is Cc1nc(-c2cccc(NC(=O)CCc3c(C)nc(N4CCOCC4)[nH]c3=O)c2)oc1C. The van der Waals surface area contributed by atoms with Gasteiger partial charge in [-0.3, -0.25) is 14.6 Å². The number of anilines is 2. The number of oxazole rings is 1. The van der Waals surface area contributed by atoms with Gasteiger partial charge in [0.25, 0.3) is 5.56 Å². The summed E-state index contributed by atoms with van der Waals surface area (Å²) in [7, 11) is 0. The maximum Gasteiger partial charge on any atom is 0.255 e. The number of aryl methyl sites for hydroxylation is 3. The molecule has 1 aromatic carbocycles. The molecule has 0 saturated carbocycles. The number of ether oxygens (including phenoxy) is 1. The molecule has 0 unspecified atom stereocenters. The van der Waals surface area contributed by atoms with E-state index in [1.807, 2.05) is 36.9 Å². The maximum atomic E-state index is 12.6. The minimum absolute atomic E-state index is 0.171. The lowest BCUT2D eigenvalue weighted by Crippen LogP contribution is -2.38. The van der Waals surface area contributed by atoms with Gasteiger partial charge in [-0.2, -0.15) is 0 Å². The lowest BCUT2D eigenvalue weighted by atomic mass is 10.1. The minimum Gasteiger partial charge on any atom is -0.441 e. The van der Waals surface area contributed by atoms with E-state index >= 15 is 0 Å². The van der Waals surface area contributed by atoms with E-state index in [1.54, 1.807) is 13.0 Å². The number of hydrogen-bond donors (Lipinski definition) is 2. The minimum atomic E-state index is -0.205. The zero-order valence-electron chi connectivity index (χ0n) is 18.5. The number of H-pyrrole nitrogens is 1. The fourth-order valence-electron chi connectivity index (χ4n) is 3.60. The van der Waals surface area contributed by atoms with Crippen LogP contribution in [-0.2, 0) is 16.0 Å². The molecule has 32 heavy (non-hydrogen) atoms. The Morgan fingerprint density at radius 1 is 1.16 bits per heavy atom. The molecule has 1 aliphatic rings. The van der Waals surface area contributed by atoms with E-state index < -0.39 is 0 Å². The van der Waals surface area contributed by atoms with Crippen molar-refractivity contribution in [2.75, 3.05) is 36.5 Å². The Labute approximate surface area is 185 Å². The van der Waals surface area contributed by atoms with Gasteiger partial charge in [-0.05, 0) is 45.4 Å². The first-order chi connectivity index (χ1) is 15.4. The van der Waals surface area contributed by atoms with Crippen molar-refractivity contribution >= 4 is 17.5 Å². The number of nitrogens with zero attached hydrogens (tertiary/aromatic N) is 3. The first-order valence-electron chi connectivity index (χ1n) is 10.7. The molecule has 0 radical (unpaired) electrons. The highest BCUT2D eigenvalue weighted by atomic mass is 16.5. The van der Waals surface area contributed by atoms with E-state index in [1.165, 1.54) is 0 Å². The van der Waals surface area contributed by atoms with Crippen LogP contribution in [0.3, 0.4) is 0 Å². The third kappa shape index (κ3) is 4.88. The van der Waals surface area contributed by atoms with Crippen molar-refractivity contribution < 1.29 is 13.9 Å². The van der Waals surface area contributed by atoms with Gasteiger partial charge >= 0.3 is 0 Å². The Balaban J connectivity index is 1.40. The van der Waals surface area contributed by atoms with Crippen LogP contribution in [0.25, 0.3) is 11.5 Å². The van der Waals surface area contributed by atoms with Gasteiger partial charge in [-0.1, -0.05) is 6.07 Å². The molecule has 0 bridgehead atoms. The number of benzene rings is 1. The van der Waals surface area contributed by atoms with Crippen molar-refractivity contribution in [1.82, 2.24) is 15.0 Å². The van der Waals surface area contributed by atoms with Crippen LogP contribution in [0.1, 0.15) is 29.1 Å². The molecule has 3 aromatic rings. The molecule has 3 heterocycles. The summed E-state index contributed by atoms with van der Waals surface area (Å²) in [5.41, 5.74) is 3.23. The summed E-state index contributed by atoms with van der Waals surface area (Å²) in [4.78, 5) is 38.9. The standard InChI is InChI=1S/C23H27N5O4/c1-14-16(3)32-22(24-14)17-5-4-6-18(13-17)26-20(29)8-7-19-15(2)25-23(27-21(19)30)28-9-11-31-12-10-28/h4-6,13H,7-12H2,1-3H3,(H,26,29)(H,25,27,30). The number of nitrogens with one attached hydrogen (secondary N) is 2. The van der Waals surface area contributed by atoms with Crippen LogP contribution in [0.2, 0.25) is 0 Å². The normalized spacial score (nSPS) is 13.9. The summed E-state index contributed by atoms with van der Waals surface area (Å²) in [5, 5.41) is 2.88. The van der Waals surface area contributed by atoms with Gasteiger partial charge in [0.2, 0.25) is 17.7 Å². The zero-order chi connectivity index (χ0) is 22.7. The first kappa shape index (κ1) is 21.8. The summed E-state index contributed by atoms with van der Waals surface area (Å²) >= 11 is 0. The molecule has 1 aliphatic heterocycles. The largest absolute Gasteiger partial charge is 0.441 e. The number of hydrogen-bond acceptors (Lipinski definition) is 7. The van der Waals surface area contributed by atoms with Crippen molar-refractivity contribution in [3.63, 3.8) is 0 Å². The average Bonchev–Trinajstić information content (AvgIpc) is 3.12. The van der Waals surface area contributed by atoms with Crippen molar-refractivity contribution in [3.8, 4) is 11.5 Å². The number of aromatic nitrogens is 3. The van der Waals surface area contributed by atoms with Crippen LogP contribution < -0.4 is 15.8 Å². The Bertz CT molecular complexity index is 1160. The number of carbonyl (C=O) groups is 1. The lowest BCUT2D eigenvalue weighted by Gasteiger charge is -2.27. The predicted octanol–water partition coefficient (Wildman–Crippen LogP) is 2.76. The molecule has 1 amide bonds. The Morgan fingerprint density at radius 2 is 1.94 bits per heavy atom. The molecule has 0 spiro atoms. The first-order valence-corrected chi connectivity index (χ1v) is 10.7. The monoisotopic (exact) mass is 437 g/mol. The molecule has 168 valence electrons. The molecule has 0 atom stereocenters. The second kappa shape index (κ2) is 9.35. The van der Waals surface area contributed by atoms with Crippen LogP contribution in [0.5, 0.6) is 0 Å². The summed E-state index contributed by atoms with van der Waals surface area (Å²) in [6.07, 6.45) is 0.477. The van der Waals surface area contributed by atoms with E-state index in [0.29, 0.717) is 61.5 Å². The van der Waals surface area contributed by atoms with Crippen molar-refractivity contribution in [1.29, 1.82) is 0 Å². The maximum absolute atomic E-state index is 12.6. The van der Waals surface area contributed by atoms with Crippen LogP contribution in [0.15, 0.2) is 33.5 Å². The number of carbonyl (C=O) groups excluding carboxylic acids is 1. The van der Waals surface area contributed by atoms with E-state index in [0.717, 1.165) is 17.0 Å². The lowest BCUT2D eigenvalue weighted by molar-refractivity contribution is -0.116. The van der Waals surface area contributed by atoms with E-state index in [4.69, 9.17) is 9.15 Å². The molecule has 0 aliphatic carbocycles. The van der Waals surface area contributed by atoms with Crippen LogP contribution in [0, 0.1) is 20.8 Å². The number of amides is 1. The molecular formula is C23H27N5O4. The fourth-order valence-corrected chi connectivity index (χ4v) is 3.60. The van der Waals surface area contributed by atoms with Crippen molar-refractivity contribution in [3.05, 3.63) is 57.3 Å². The highest BCUT2D eigenvalue weighted by Crippen LogP contribution is 2.24. The summed E-state index contributed by atoms with van der Waals surface area (Å²) in [6, 6.07) is 7.34. The summed E-state index contributed by atoms with van der Waals surface area (Å²) in [5.74, 6) is 1.66. The quantitative estimate of drug-likeness (QED) is 0.610. The third-order valence-electron chi connectivity index (χ3n) is 5.54. The second-order valence-electron chi connectivity index (χ2n) is 7.84. The van der Waals surface area contributed by atoms with Gasteiger partial charge in [0.15, 0.2) is 0 Å². The van der Waals surface area contributed by atoms with E-state index in [2.05, 4.69) is 20.3 Å². The number of morpholine rings is 1. The van der Waals surface area contributed by atoms with Crippen molar-refractivity contribution in [2.45, 2.75) is 33.6 Å². The Morgan fingerprint density at radius 3 is 2.62 bits per heavy atom. The van der Waals surface area contributed by atoms with Crippen LogP contribution in [0.4, 0.5) is 11.6 Å². The Hall–Kier alpha value is -3.46. The topological polar surface area (TPSA) is 113 Å².